The second kappa shape index (κ2) is 4.60. The molecule has 2 fully saturated rings. The number of benzene rings is 1. The van der Waals surface area contributed by atoms with Gasteiger partial charge in [-0.05, 0) is 44.0 Å². The molecule has 1 aromatic carbocycles. The molecule has 0 amide bonds. The number of fused-ring (bicyclic) bond motifs is 1. The fourth-order valence-corrected chi connectivity index (χ4v) is 3.97. The molecule has 1 unspecified atom stereocenters. The highest BCUT2D eigenvalue weighted by atomic mass is 15.2. The van der Waals surface area contributed by atoms with Gasteiger partial charge in [-0.25, -0.2) is 4.98 Å². The van der Waals surface area contributed by atoms with Crippen LogP contribution in [0.15, 0.2) is 24.4 Å². The van der Waals surface area contributed by atoms with E-state index in [1.54, 1.807) is 0 Å². The lowest BCUT2D eigenvalue weighted by Gasteiger charge is -2.24. The van der Waals surface area contributed by atoms with E-state index in [2.05, 4.69) is 23.2 Å². The summed E-state index contributed by atoms with van der Waals surface area (Å²) in [7, 11) is 0. The third-order valence-electron chi connectivity index (χ3n) is 5.22. The smallest absolute Gasteiger partial charge is 0.136 e. The fraction of sp³-hybridized carbons (Fsp3) is 0.471. The fourth-order valence-electron chi connectivity index (χ4n) is 3.97. The van der Waals surface area contributed by atoms with Crippen LogP contribution in [-0.2, 0) is 0 Å². The molecule has 2 aliphatic rings. The van der Waals surface area contributed by atoms with E-state index in [1.807, 2.05) is 18.3 Å². The lowest BCUT2D eigenvalue weighted by molar-refractivity contribution is 0.369. The zero-order valence-corrected chi connectivity index (χ0v) is 12.5. The number of rotatable bonds is 1. The molecular weight excluding hydrogens is 260 g/mol. The van der Waals surface area contributed by atoms with Crippen molar-refractivity contribution in [2.75, 3.05) is 36.8 Å². The molecule has 1 aromatic heterocycles. The van der Waals surface area contributed by atoms with Crippen LogP contribution >= 0.6 is 0 Å². The quantitative estimate of drug-likeness (QED) is 0.788. The minimum Gasteiger partial charge on any atom is -0.398 e. The van der Waals surface area contributed by atoms with Crippen LogP contribution in [0.5, 0.6) is 0 Å². The lowest BCUT2D eigenvalue weighted by atomic mass is 9.86. The number of nitrogens with two attached hydrogens (primary N) is 1. The topological polar surface area (TPSA) is 54.2 Å². The van der Waals surface area contributed by atoms with Crippen molar-refractivity contribution < 1.29 is 0 Å². The first-order valence-corrected chi connectivity index (χ1v) is 7.78. The summed E-state index contributed by atoms with van der Waals surface area (Å²) in [4.78, 5) is 7.16. The maximum Gasteiger partial charge on any atom is 0.136 e. The molecule has 3 heterocycles. The maximum atomic E-state index is 6.15. The van der Waals surface area contributed by atoms with Gasteiger partial charge in [-0.2, -0.15) is 0 Å². The van der Waals surface area contributed by atoms with Gasteiger partial charge in [0.1, 0.15) is 5.82 Å². The van der Waals surface area contributed by atoms with Gasteiger partial charge in [0.15, 0.2) is 0 Å². The van der Waals surface area contributed by atoms with Gasteiger partial charge in [-0.3, -0.25) is 0 Å². The number of hydrogen-bond acceptors (Lipinski definition) is 4. The number of nitrogen functional groups attached to an aromatic ring is 1. The number of aromatic nitrogens is 1. The molecule has 2 aromatic rings. The third-order valence-corrected chi connectivity index (χ3v) is 5.22. The molecule has 1 atom stereocenters. The number of hydrogen-bond donors (Lipinski definition) is 2. The number of nitrogens with one attached hydrogen (secondary N) is 1. The normalized spacial score (nSPS) is 25.3. The van der Waals surface area contributed by atoms with Gasteiger partial charge >= 0.3 is 0 Å². The van der Waals surface area contributed by atoms with Crippen LogP contribution in [0.25, 0.3) is 10.8 Å². The Bertz CT molecular complexity index is 688. The highest BCUT2D eigenvalue weighted by molar-refractivity contribution is 6.01. The van der Waals surface area contributed by atoms with E-state index in [9.17, 15) is 0 Å². The summed E-state index contributed by atoms with van der Waals surface area (Å²) in [5.74, 6) is 1.11. The average molecular weight is 282 g/mol. The number of pyridine rings is 1. The van der Waals surface area contributed by atoms with Crippen molar-refractivity contribution >= 4 is 22.3 Å². The Kier molecular flexibility index (Phi) is 2.82. The first-order valence-electron chi connectivity index (χ1n) is 7.78. The van der Waals surface area contributed by atoms with E-state index < -0.39 is 0 Å². The van der Waals surface area contributed by atoms with Gasteiger partial charge in [-0.15, -0.1) is 0 Å². The third kappa shape index (κ3) is 1.97. The summed E-state index contributed by atoms with van der Waals surface area (Å²) in [5.41, 5.74) is 8.71. The number of anilines is 2. The van der Waals surface area contributed by atoms with Crippen LogP contribution in [0, 0.1) is 12.3 Å². The summed E-state index contributed by atoms with van der Waals surface area (Å²) in [6, 6.07) is 6.13. The van der Waals surface area contributed by atoms with E-state index in [0.717, 1.165) is 43.1 Å². The largest absolute Gasteiger partial charge is 0.398 e. The molecule has 4 rings (SSSR count). The van der Waals surface area contributed by atoms with Crippen LogP contribution in [0.3, 0.4) is 0 Å². The summed E-state index contributed by atoms with van der Waals surface area (Å²) >= 11 is 0. The molecule has 2 aliphatic heterocycles. The van der Waals surface area contributed by atoms with Gasteiger partial charge < -0.3 is 16.0 Å². The Balaban J connectivity index is 1.79. The van der Waals surface area contributed by atoms with Crippen LogP contribution in [0.1, 0.15) is 18.4 Å². The zero-order chi connectivity index (χ0) is 14.4. The maximum absolute atomic E-state index is 6.15. The van der Waals surface area contributed by atoms with Gasteiger partial charge in [-0.1, -0.05) is 6.07 Å². The van der Waals surface area contributed by atoms with Crippen molar-refractivity contribution in [3.8, 4) is 0 Å². The zero-order valence-electron chi connectivity index (χ0n) is 12.5. The first-order chi connectivity index (χ1) is 10.2. The van der Waals surface area contributed by atoms with Crippen LogP contribution in [0.4, 0.5) is 11.5 Å². The monoisotopic (exact) mass is 282 g/mol. The van der Waals surface area contributed by atoms with Crippen molar-refractivity contribution in [1.82, 2.24) is 10.3 Å². The van der Waals surface area contributed by atoms with E-state index >= 15 is 0 Å². The molecule has 0 bridgehead atoms. The Labute approximate surface area is 125 Å². The van der Waals surface area contributed by atoms with Crippen molar-refractivity contribution in [2.24, 2.45) is 5.41 Å². The highest BCUT2D eigenvalue weighted by Crippen LogP contribution is 2.40. The van der Waals surface area contributed by atoms with Gasteiger partial charge in [0.25, 0.3) is 0 Å². The van der Waals surface area contributed by atoms with E-state index in [1.165, 1.54) is 23.8 Å². The summed E-state index contributed by atoms with van der Waals surface area (Å²) in [6.45, 7) is 6.66. The van der Waals surface area contributed by atoms with Crippen LogP contribution < -0.4 is 16.0 Å². The molecule has 21 heavy (non-hydrogen) atoms. The van der Waals surface area contributed by atoms with Gasteiger partial charge in [0.2, 0.25) is 0 Å². The van der Waals surface area contributed by atoms with Crippen molar-refractivity contribution in [2.45, 2.75) is 19.8 Å². The molecule has 3 N–H and O–H groups in total. The minimum absolute atomic E-state index is 0.456. The van der Waals surface area contributed by atoms with Crippen LogP contribution in [0.2, 0.25) is 0 Å². The minimum atomic E-state index is 0.456. The standard InChI is InChI=1S/C17H22N4/c1-12-2-3-14(18)13-4-7-20-16(15(12)13)21-9-6-17(11-21)5-8-19-10-17/h2-4,7,19H,5-6,8-11,18H2,1H3. The van der Waals surface area contributed by atoms with Crippen molar-refractivity contribution in [1.29, 1.82) is 0 Å². The van der Waals surface area contributed by atoms with E-state index in [0.29, 0.717) is 5.41 Å². The number of aryl methyl sites for hydroxylation is 1. The summed E-state index contributed by atoms with van der Waals surface area (Å²) in [5, 5.41) is 5.87. The molecule has 1 spiro atoms. The predicted octanol–water partition coefficient (Wildman–Crippen LogP) is 2.32. The van der Waals surface area contributed by atoms with Gasteiger partial charge in [0.05, 0.1) is 0 Å². The van der Waals surface area contributed by atoms with Crippen molar-refractivity contribution in [3.05, 3.63) is 30.0 Å². The molecule has 4 heteroatoms. The second-order valence-corrected chi connectivity index (χ2v) is 6.63. The second-order valence-electron chi connectivity index (χ2n) is 6.63. The molecule has 0 saturated carbocycles. The predicted molar refractivity (Wildman–Crippen MR) is 87.6 cm³/mol. The molecule has 2 saturated heterocycles. The SMILES string of the molecule is Cc1ccc(N)c2ccnc(N3CCC4(CCNC4)C3)c12. The van der Waals surface area contributed by atoms with E-state index in [4.69, 9.17) is 10.7 Å². The molecular formula is C17H22N4. The number of nitrogens with zero attached hydrogens (tertiary/aromatic N) is 2. The molecule has 0 radical (unpaired) electrons. The van der Waals surface area contributed by atoms with E-state index in [-0.39, 0.29) is 0 Å². The highest BCUT2D eigenvalue weighted by Gasteiger charge is 2.41. The Morgan fingerprint density at radius 1 is 1.29 bits per heavy atom. The Morgan fingerprint density at radius 2 is 2.19 bits per heavy atom. The Hall–Kier alpha value is -1.81. The average Bonchev–Trinajstić information content (AvgIpc) is 3.13. The molecule has 4 nitrogen and oxygen atoms in total. The molecule has 110 valence electrons. The Morgan fingerprint density at radius 3 is 3.00 bits per heavy atom. The summed E-state index contributed by atoms with van der Waals surface area (Å²) < 4.78 is 0. The lowest BCUT2D eigenvalue weighted by Crippen LogP contribution is -2.29. The van der Waals surface area contributed by atoms with Gasteiger partial charge in [0, 0.05) is 47.7 Å². The van der Waals surface area contributed by atoms with Crippen LogP contribution in [-0.4, -0.2) is 31.2 Å². The summed E-state index contributed by atoms with van der Waals surface area (Å²) in [6.07, 6.45) is 4.44. The first kappa shape index (κ1) is 12.9. The molecule has 0 aliphatic carbocycles. The van der Waals surface area contributed by atoms with Crippen molar-refractivity contribution in [3.63, 3.8) is 0 Å².